The van der Waals surface area contributed by atoms with E-state index in [1.165, 1.54) is 18.2 Å². The fourth-order valence-electron chi connectivity index (χ4n) is 1.11. The van der Waals surface area contributed by atoms with Gasteiger partial charge in [-0.25, -0.2) is 4.39 Å². The highest BCUT2D eigenvalue weighted by Crippen LogP contribution is 2.24. The fourth-order valence-corrected chi connectivity index (χ4v) is 1.11. The monoisotopic (exact) mass is 181 g/mol. The quantitative estimate of drug-likeness (QED) is 0.733. The molecule has 0 aromatic heterocycles. The molecule has 0 saturated heterocycles. The highest BCUT2D eigenvalue weighted by Gasteiger charge is 2.08. The van der Waals surface area contributed by atoms with E-state index in [1.807, 2.05) is 0 Å². The van der Waals surface area contributed by atoms with Crippen molar-refractivity contribution >= 4 is 6.08 Å². The maximum absolute atomic E-state index is 13.4. The van der Waals surface area contributed by atoms with Crippen LogP contribution in [0.15, 0.2) is 18.2 Å². The van der Waals surface area contributed by atoms with Crippen LogP contribution in [-0.4, -0.2) is 5.11 Å². The summed E-state index contributed by atoms with van der Waals surface area (Å²) in [5.41, 5.74) is 5.93. The lowest BCUT2D eigenvalue weighted by Crippen LogP contribution is -2.01. The van der Waals surface area contributed by atoms with Crippen LogP contribution in [0.1, 0.15) is 18.1 Å². The van der Waals surface area contributed by atoms with Crippen LogP contribution < -0.4 is 5.73 Å². The Labute approximate surface area is 76.5 Å². The Morgan fingerprint density at radius 3 is 2.77 bits per heavy atom. The van der Waals surface area contributed by atoms with Crippen LogP contribution in [-0.2, 0) is 6.54 Å². The number of hydrogen-bond donors (Lipinski definition) is 2. The summed E-state index contributed by atoms with van der Waals surface area (Å²) in [5.74, 6) is -0.506. The van der Waals surface area contributed by atoms with Gasteiger partial charge in [0.05, 0.1) is 5.56 Å². The van der Waals surface area contributed by atoms with Crippen molar-refractivity contribution in [1.29, 1.82) is 0 Å². The topological polar surface area (TPSA) is 46.2 Å². The largest absolute Gasteiger partial charge is 0.507 e. The van der Waals surface area contributed by atoms with Crippen molar-refractivity contribution in [2.45, 2.75) is 13.5 Å². The van der Waals surface area contributed by atoms with Crippen molar-refractivity contribution in [2.24, 2.45) is 5.73 Å². The van der Waals surface area contributed by atoms with Gasteiger partial charge in [-0.15, -0.1) is 0 Å². The summed E-state index contributed by atoms with van der Waals surface area (Å²) in [7, 11) is 0. The molecule has 70 valence electrons. The lowest BCUT2D eigenvalue weighted by molar-refractivity contribution is 0.466. The molecule has 0 fully saturated rings. The van der Waals surface area contributed by atoms with E-state index in [0.29, 0.717) is 5.56 Å². The van der Waals surface area contributed by atoms with E-state index in [0.717, 1.165) is 0 Å². The number of allylic oxidation sites excluding steroid dienone is 1. The molecule has 1 aromatic carbocycles. The Morgan fingerprint density at radius 1 is 1.54 bits per heavy atom. The third-order valence-corrected chi connectivity index (χ3v) is 1.79. The average Bonchev–Trinajstić information content (AvgIpc) is 2.12. The minimum atomic E-state index is -0.444. The third kappa shape index (κ3) is 1.87. The molecule has 0 bridgehead atoms. The predicted molar refractivity (Wildman–Crippen MR) is 50.7 cm³/mol. The molecular weight excluding hydrogens is 169 g/mol. The molecule has 2 nitrogen and oxygen atoms in total. The predicted octanol–water partition coefficient (Wildman–Crippen LogP) is 2.02. The van der Waals surface area contributed by atoms with E-state index in [1.54, 1.807) is 13.0 Å². The molecule has 0 amide bonds. The van der Waals surface area contributed by atoms with E-state index in [-0.39, 0.29) is 17.9 Å². The van der Waals surface area contributed by atoms with Gasteiger partial charge >= 0.3 is 0 Å². The first kappa shape index (κ1) is 9.74. The normalized spacial score (nSPS) is 11.0. The van der Waals surface area contributed by atoms with Gasteiger partial charge in [0.1, 0.15) is 11.6 Å². The zero-order valence-electron chi connectivity index (χ0n) is 7.42. The highest BCUT2D eigenvalue weighted by atomic mass is 19.1. The van der Waals surface area contributed by atoms with Crippen LogP contribution >= 0.6 is 0 Å². The Morgan fingerprint density at radius 2 is 2.23 bits per heavy atom. The van der Waals surface area contributed by atoms with Gasteiger partial charge in [-0.05, 0) is 13.0 Å². The number of rotatable bonds is 2. The minimum absolute atomic E-state index is 0.0622. The molecular formula is C10H12FNO. The second-order valence-corrected chi connectivity index (χ2v) is 2.68. The molecule has 0 spiro atoms. The van der Waals surface area contributed by atoms with Crippen molar-refractivity contribution in [3.05, 3.63) is 35.2 Å². The van der Waals surface area contributed by atoms with Crippen LogP contribution in [0.3, 0.4) is 0 Å². The molecule has 0 radical (unpaired) electrons. The summed E-state index contributed by atoms with van der Waals surface area (Å²) in [6.45, 7) is 1.89. The first-order chi connectivity index (χ1) is 6.20. The zero-order chi connectivity index (χ0) is 9.84. The Hall–Kier alpha value is -1.35. The molecule has 0 heterocycles. The molecule has 0 aliphatic heterocycles. The summed E-state index contributed by atoms with van der Waals surface area (Å²) in [5, 5.41) is 9.31. The molecule has 0 atom stereocenters. The second kappa shape index (κ2) is 4.05. The van der Waals surface area contributed by atoms with Gasteiger partial charge in [0.25, 0.3) is 0 Å². The van der Waals surface area contributed by atoms with E-state index >= 15 is 0 Å². The van der Waals surface area contributed by atoms with Gasteiger partial charge in [0.2, 0.25) is 0 Å². The summed E-state index contributed by atoms with van der Waals surface area (Å²) in [6.07, 6.45) is 3.18. The van der Waals surface area contributed by atoms with Gasteiger partial charge in [0.15, 0.2) is 0 Å². The van der Waals surface area contributed by atoms with Gasteiger partial charge < -0.3 is 10.8 Å². The first-order valence-electron chi connectivity index (χ1n) is 4.03. The highest BCUT2D eigenvalue weighted by molar-refractivity contribution is 5.58. The molecule has 13 heavy (non-hydrogen) atoms. The minimum Gasteiger partial charge on any atom is -0.507 e. The smallest absolute Gasteiger partial charge is 0.138 e. The molecule has 0 aliphatic rings. The summed E-state index contributed by atoms with van der Waals surface area (Å²) < 4.78 is 13.4. The molecule has 1 rings (SSSR count). The van der Waals surface area contributed by atoms with Crippen molar-refractivity contribution < 1.29 is 9.50 Å². The molecule has 3 heteroatoms. The Kier molecular flexibility index (Phi) is 3.03. The van der Waals surface area contributed by atoms with Crippen molar-refractivity contribution in [1.82, 2.24) is 0 Å². The maximum atomic E-state index is 13.4. The van der Waals surface area contributed by atoms with Crippen LogP contribution in [0.2, 0.25) is 0 Å². The molecule has 0 unspecified atom stereocenters. The number of phenolic OH excluding ortho intramolecular Hbond substituents is 1. The number of phenols is 1. The zero-order valence-corrected chi connectivity index (χ0v) is 7.42. The van der Waals surface area contributed by atoms with E-state index in [9.17, 15) is 9.50 Å². The van der Waals surface area contributed by atoms with Crippen molar-refractivity contribution in [3.63, 3.8) is 0 Å². The van der Waals surface area contributed by atoms with E-state index < -0.39 is 5.82 Å². The Balaban J connectivity index is 3.29. The number of nitrogens with two attached hydrogens (primary N) is 1. The third-order valence-electron chi connectivity index (χ3n) is 1.79. The van der Waals surface area contributed by atoms with Crippen molar-refractivity contribution in [2.75, 3.05) is 0 Å². The maximum Gasteiger partial charge on any atom is 0.138 e. The molecule has 0 saturated carbocycles. The van der Waals surface area contributed by atoms with Gasteiger partial charge in [-0.3, -0.25) is 0 Å². The van der Waals surface area contributed by atoms with Gasteiger partial charge in [-0.2, -0.15) is 0 Å². The van der Waals surface area contributed by atoms with Crippen LogP contribution in [0.25, 0.3) is 6.08 Å². The molecule has 1 aromatic rings. The Bertz CT molecular complexity index is 334. The van der Waals surface area contributed by atoms with E-state index in [2.05, 4.69) is 0 Å². The fraction of sp³-hybridized carbons (Fsp3) is 0.200. The standard InChI is InChI=1S/C10H12FNO/c1-2-3-8-9(13)5-4-7(6-12)10(8)11/h2-5,13H,6,12H2,1H3/b3-2+. The molecule has 0 aliphatic carbocycles. The average molecular weight is 181 g/mol. The van der Waals surface area contributed by atoms with Crippen LogP contribution in [0, 0.1) is 5.82 Å². The number of halogens is 1. The first-order valence-corrected chi connectivity index (χ1v) is 4.03. The summed E-state index contributed by atoms with van der Waals surface area (Å²) in [6, 6.07) is 2.93. The molecule has 3 N–H and O–H groups in total. The SMILES string of the molecule is C/C=C/c1c(O)ccc(CN)c1F. The lowest BCUT2D eigenvalue weighted by Gasteiger charge is -2.05. The number of benzene rings is 1. The lowest BCUT2D eigenvalue weighted by atomic mass is 10.1. The number of aromatic hydroxyl groups is 1. The van der Waals surface area contributed by atoms with Crippen LogP contribution in [0.5, 0.6) is 5.75 Å². The summed E-state index contributed by atoms with van der Waals surface area (Å²) >= 11 is 0. The van der Waals surface area contributed by atoms with Gasteiger partial charge in [-0.1, -0.05) is 18.2 Å². The second-order valence-electron chi connectivity index (χ2n) is 2.68. The van der Waals surface area contributed by atoms with Gasteiger partial charge in [0, 0.05) is 12.1 Å². The van der Waals surface area contributed by atoms with Crippen LogP contribution in [0.4, 0.5) is 4.39 Å². The number of hydrogen-bond acceptors (Lipinski definition) is 2. The summed E-state index contributed by atoms with van der Waals surface area (Å²) in [4.78, 5) is 0. The van der Waals surface area contributed by atoms with E-state index in [4.69, 9.17) is 5.73 Å². The van der Waals surface area contributed by atoms with Crippen molar-refractivity contribution in [3.8, 4) is 5.75 Å².